The minimum Gasteiger partial charge on any atom is -0.493 e. The molecule has 0 aliphatic heterocycles. The van der Waals surface area contributed by atoms with Crippen molar-refractivity contribution >= 4 is 50.7 Å². The van der Waals surface area contributed by atoms with E-state index in [4.69, 9.17) is 44.3 Å². The van der Waals surface area contributed by atoms with Gasteiger partial charge in [-0.25, -0.2) is 0 Å². The average Bonchev–Trinajstić information content (AvgIpc) is 2.49. The molecule has 0 N–H and O–H groups in total. The second kappa shape index (κ2) is 7.10. The molecule has 1 unspecified atom stereocenters. The number of alkyl halides is 1. The van der Waals surface area contributed by atoms with E-state index in [0.29, 0.717) is 21.5 Å². The van der Waals surface area contributed by atoms with Crippen molar-refractivity contribution < 1.29 is 9.47 Å². The topological polar surface area (TPSA) is 18.5 Å². The molecule has 6 heteroatoms. The van der Waals surface area contributed by atoms with E-state index in [0.717, 1.165) is 15.6 Å². The molecule has 0 aliphatic carbocycles. The lowest BCUT2D eigenvalue weighted by Crippen LogP contribution is -1.98. The standard InChI is InChI=1S/C15H12BrCl3O2/c1-20-13-6-9(11(17)7-14(13)21-2)15(19)8-3-4-10(16)12(18)5-8/h3-7,15H,1-2H3. The maximum absolute atomic E-state index is 6.53. The van der Waals surface area contributed by atoms with Gasteiger partial charge in [-0.1, -0.05) is 29.3 Å². The van der Waals surface area contributed by atoms with Crippen LogP contribution in [0.15, 0.2) is 34.8 Å². The Bertz CT molecular complexity index is 662. The highest BCUT2D eigenvalue weighted by molar-refractivity contribution is 9.10. The summed E-state index contributed by atoms with van der Waals surface area (Å²) < 4.78 is 11.3. The predicted octanol–water partition coefficient (Wildman–Crippen LogP) is 6.10. The van der Waals surface area contributed by atoms with Crippen molar-refractivity contribution in [1.29, 1.82) is 0 Å². The van der Waals surface area contributed by atoms with E-state index in [1.807, 2.05) is 12.1 Å². The smallest absolute Gasteiger partial charge is 0.162 e. The Morgan fingerprint density at radius 1 is 0.952 bits per heavy atom. The van der Waals surface area contributed by atoms with E-state index >= 15 is 0 Å². The fraction of sp³-hybridized carbons (Fsp3) is 0.200. The van der Waals surface area contributed by atoms with E-state index in [1.165, 1.54) is 0 Å². The van der Waals surface area contributed by atoms with E-state index in [2.05, 4.69) is 15.9 Å². The van der Waals surface area contributed by atoms with Gasteiger partial charge in [0.15, 0.2) is 11.5 Å². The first-order valence-electron chi connectivity index (χ1n) is 5.98. The van der Waals surface area contributed by atoms with Gasteiger partial charge in [-0.3, -0.25) is 0 Å². The van der Waals surface area contributed by atoms with Crippen molar-refractivity contribution in [3.05, 3.63) is 56.0 Å². The van der Waals surface area contributed by atoms with Crippen LogP contribution in [0.25, 0.3) is 0 Å². The molecule has 2 aromatic carbocycles. The molecule has 0 bridgehead atoms. The third-order valence-corrected chi connectivity index (χ3v) is 5.06. The number of ether oxygens (including phenoxy) is 2. The predicted molar refractivity (Wildman–Crippen MR) is 91.4 cm³/mol. The molecule has 112 valence electrons. The van der Waals surface area contributed by atoms with Gasteiger partial charge in [0.25, 0.3) is 0 Å². The molecular weight excluding hydrogens is 398 g/mol. The molecule has 21 heavy (non-hydrogen) atoms. The van der Waals surface area contributed by atoms with E-state index < -0.39 is 5.38 Å². The minimum atomic E-state index is -0.442. The molecule has 0 amide bonds. The first-order valence-corrected chi connectivity index (χ1v) is 7.97. The average molecular weight is 411 g/mol. The highest BCUT2D eigenvalue weighted by atomic mass is 79.9. The molecule has 2 rings (SSSR count). The Morgan fingerprint density at radius 2 is 1.57 bits per heavy atom. The molecule has 0 spiro atoms. The van der Waals surface area contributed by atoms with Crippen LogP contribution in [0.5, 0.6) is 11.5 Å². The molecule has 2 nitrogen and oxygen atoms in total. The van der Waals surface area contributed by atoms with E-state index in [-0.39, 0.29) is 0 Å². The number of benzene rings is 2. The maximum Gasteiger partial charge on any atom is 0.162 e. The van der Waals surface area contributed by atoms with Gasteiger partial charge in [0.1, 0.15) is 0 Å². The first-order chi connectivity index (χ1) is 9.97. The lowest BCUT2D eigenvalue weighted by atomic mass is 10.0. The van der Waals surface area contributed by atoms with Gasteiger partial charge < -0.3 is 9.47 Å². The summed E-state index contributed by atoms with van der Waals surface area (Å²) in [6.07, 6.45) is 0. The summed E-state index contributed by atoms with van der Waals surface area (Å²) in [5.41, 5.74) is 1.58. The van der Waals surface area contributed by atoms with Crippen LogP contribution in [-0.2, 0) is 0 Å². The van der Waals surface area contributed by atoms with Crippen LogP contribution in [0.1, 0.15) is 16.5 Å². The molecule has 0 aliphatic rings. The normalized spacial score (nSPS) is 12.1. The lowest BCUT2D eigenvalue weighted by molar-refractivity contribution is 0.354. The summed E-state index contributed by atoms with van der Waals surface area (Å²) in [6.45, 7) is 0. The Morgan fingerprint density at radius 3 is 2.14 bits per heavy atom. The third-order valence-electron chi connectivity index (χ3n) is 3.01. The zero-order valence-electron chi connectivity index (χ0n) is 11.3. The Kier molecular flexibility index (Phi) is 5.67. The van der Waals surface area contributed by atoms with Gasteiger partial charge in [0.05, 0.1) is 24.6 Å². The van der Waals surface area contributed by atoms with Crippen molar-refractivity contribution in [3.63, 3.8) is 0 Å². The SMILES string of the molecule is COc1cc(Cl)c(C(Cl)c2ccc(Br)c(Cl)c2)cc1OC. The number of hydrogen-bond acceptors (Lipinski definition) is 2. The second-order valence-corrected chi connectivity index (χ2v) is 6.37. The zero-order valence-corrected chi connectivity index (χ0v) is 15.1. The Balaban J connectivity index is 2.47. The van der Waals surface area contributed by atoms with Crippen LogP contribution in [0.4, 0.5) is 0 Å². The van der Waals surface area contributed by atoms with Crippen LogP contribution in [0.2, 0.25) is 10.0 Å². The molecule has 0 heterocycles. The van der Waals surface area contributed by atoms with E-state index in [9.17, 15) is 0 Å². The van der Waals surface area contributed by atoms with Gasteiger partial charge in [-0.15, -0.1) is 11.6 Å². The van der Waals surface area contributed by atoms with Crippen LogP contribution in [-0.4, -0.2) is 14.2 Å². The number of methoxy groups -OCH3 is 2. The maximum atomic E-state index is 6.53. The molecule has 0 aromatic heterocycles. The van der Waals surface area contributed by atoms with E-state index in [1.54, 1.807) is 32.4 Å². The largest absolute Gasteiger partial charge is 0.493 e. The summed E-state index contributed by atoms with van der Waals surface area (Å²) in [5.74, 6) is 1.13. The van der Waals surface area contributed by atoms with Crippen molar-refractivity contribution in [2.75, 3.05) is 14.2 Å². The Labute approximate surface area is 147 Å². The van der Waals surface area contributed by atoms with Crippen molar-refractivity contribution in [1.82, 2.24) is 0 Å². The van der Waals surface area contributed by atoms with Gasteiger partial charge in [0.2, 0.25) is 0 Å². The molecule has 0 radical (unpaired) electrons. The molecule has 0 saturated heterocycles. The van der Waals surface area contributed by atoms with Gasteiger partial charge >= 0.3 is 0 Å². The number of hydrogen-bond donors (Lipinski definition) is 0. The third kappa shape index (κ3) is 3.59. The van der Waals surface area contributed by atoms with Crippen molar-refractivity contribution in [2.24, 2.45) is 0 Å². The van der Waals surface area contributed by atoms with Gasteiger partial charge in [-0.2, -0.15) is 0 Å². The summed E-state index contributed by atoms with van der Waals surface area (Å²) in [4.78, 5) is 0. The molecule has 0 fully saturated rings. The highest BCUT2D eigenvalue weighted by Crippen LogP contribution is 2.41. The first kappa shape index (κ1) is 16.8. The van der Waals surface area contributed by atoms with Crippen LogP contribution in [0, 0.1) is 0 Å². The lowest BCUT2D eigenvalue weighted by Gasteiger charge is -2.16. The molecule has 1 atom stereocenters. The summed E-state index contributed by atoms with van der Waals surface area (Å²) in [7, 11) is 3.12. The quantitative estimate of drug-likeness (QED) is 0.567. The van der Waals surface area contributed by atoms with Gasteiger partial charge in [0, 0.05) is 15.6 Å². The van der Waals surface area contributed by atoms with Crippen LogP contribution < -0.4 is 9.47 Å². The van der Waals surface area contributed by atoms with Crippen molar-refractivity contribution in [3.8, 4) is 11.5 Å². The summed E-state index contributed by atoms with van der Waals surface area (Å²) in [5, 5.41) is 0.657. The minimum absolute atomic E-state index is 0.442. The van der Waals surface area contributed by atoms with Gasteiger partial charge in [-0.05, 0) is 45.3 Å². The highest BCUT2D eigenvalue weighted by Gasteiger charge is 2.19. The summed E-state index contributed by atoms with van der Waals surface area (Å²) in [6, 6.07) is 9.00. The number of halogens is 4. The monoisotopic (exact) mass is 408 g/mol. The fourth-order valence-corrected chi connectivity index (χ4v) is 2.98. The molecular formula is C15H12BrCl3O2. The fourth-order valence-electron chi connectivity index (χ4n) is 1.91. The number of rotatable bonds is 4. The van der Waals surface area contributed by atoms with Crippen LogP contribution in [0.3, 0.4) is 0 Å². The summed E-state index contributed by atoms with van der Waals surface area (Å²) >= 11 is 22.3. The van der Waals surface area contributed by atoms with Crippen LogP contribution >= 0.6 is 50.7 Å². The molecule has 0 saturated carbocycles. The second-order valence-electron chi connectivity index (χ2n) is 4.26. The molecule has 2 aromatic rings. The van der Waals surface area contributed by atoms with Crippen molar-refractivity contribution in [2.45, 2.75) is 5.38 Å². The zero-order chi connectivity index (χ0) is 15.6. The Hall–Kier alpha value is -0.610.